The molecule has 0 unspecified atom stereocenters. The fraction of sp³-hybridized carbons (Fsp3) is 0.353. The second kappa shape index (κ2) is 6.82. The molecule has 2 aromatic rings. The minimum atomic E-state index is -1.13. The quantitative estimate of drug-likeness (QED) is 0.880. The Morgan fingerprint density at radius 1 is 1.25 bits per heavy atom. The summed E-state index contributed by atoms with van der Waals surface area (Å²) in [5.74, 6) is -2.65. The van der Waals surface area contributed by atoms with Crippen molar-refractivity contribution in [1.82, 2.24) is 15.1 Å². The first kappa shape index (κ1) is 17.7. The number of carboxylic acid groups (broad SMARTS) is 1. The molecule has 2 N–H and O–H groups in total. The molecule has 24 heavy (non-hydrogen) atoms. The lowest BCUT2D eigenvalue weighted by molar-refractivity contribution is -0.140. The molecule has 1 amide bonds. The molecule has 0 radical (unpaired) electrons. The number of aliphatic carboxylic acids is 1. The predicted molar refractivity (Wildman–Crippen MR) is 86.7 cm³/mol. The van der Waals surface area contributed by atoms with Crippen LogP contribution in [0.2, 0.25) is 0 Å². The van der Waals surface area contributed by atoms with Crippen molar-refractivity contribution in [2.45, 2.75) is 33.7 Å². The molecule has 1 aromatic heterocycles. The van der Waals surface area contributed by atoms with E-state index in [1.807, 2.05) is 6.07 Å². The van der Waals surface area contributed by atoms with Gasteiger partial charge < -0.3 is 10.4 Å². The molecule has 7 heteroatoms. The molecule has 0 aliphatic heterocycles. The minimum Gasteiger partial charge on any atom is -0.480 e. The number of nitrogens with zero attached hydrogens (tertiary/aromatic N) is 2. The molecule has 0 aliphatic carbocycles. The van der Waals surface area contributed by atoms with Crippen molar-refractivity contribution in [3.05, 3.63) is 47.0 Å². The van der Waals surface area contributed by atoms with Crippen LogP contribution in [0.25, 0.3) is 5.69 Å². The summed E-state index contributed by atoms with van der Waals surface area (Å²) < 4.78 is 15.8. The van der Waals surface area contributed by atoms with Gasteiger partial charge in [-0.1, -0.05) is 13.8 Å². The van der Waals surface area contributed by atoms with E-state index in [1.54, 1.807) is 27.7 Å². The van der Waals surface area contributed by atoms with Gasteiger partial charge in [0.25, 0.3) is 5.91 Å². The molecule has 0 saturated heterocycles. The Labute approximate surface area is 139 Å². The van der Waals surface area contributed by atoms with Crippen molar-refractivity contribution >= 4 is 11.9 Å². The van der Waals surface area contributed by atoms with E-state index in [-0.39, 0.29) is 17.2 Å². The van der Waals surface area contributed by atoms with Crippen LogP contribution in [-0.2, 0) is 4.79 Å². The summed E-state index contributed by atoms with van der Waals surface area (Å²) in [6.07, 6.45) is 0. The first-order valence-corrected chi connectivity index (χ1v) is 7.57. The first-order valence-electron chi connectivity index (χ1n) is 7.57. The smallest absolute Gasteiger partial charge is 0.326 e. The number of amides is 1. The van der Waals surface area contributed by atoms with Crippen molar-refractivity contribution in [2.24, 2.45) is 5.92 Å². The second-order valence-corrected chi connectivity index (χ2v) is 6.04. The highest BCUT2D eigenvalue weighted by molar-refractivity contribution is 5.96. The zero-order chi connectivity index (χ0) is 18.0. The second-order valence-electron chi connectivity index (χ2n) is 6.04. The molecule has 128 valence electrons. The van der Waals surface area contributed by atoms with Gasteiger partial charge in [0, 0.05) is 11.3 Å². The third-order valence-corrected chi connectivity index (χ3v) is 3.67. The fourth-order valence-electron chi connectivity index (χ4n) is 2.43. The largest absolute Gasteiger partial charge is 0.480 e. The van der Waals surface area contributed by atoms with Crippen molar-refractivity contribution in [1.29, 1.82) is 0 Å². The fourth-order valence-corrected chi connectivity index (χ4v) is 2.43. The molecule has 0 aliphatic rings. The van der Waals surface area contributed by atoms with E-state index in [1.165, 1.54) is 16.8 Å². The molecule has 2 rings (SSSR count). The zero-order valence-corrected chi connectivity index (χ0v) is 14.0. The van der Waals surface area contributed by atoms with E-state index in [2.05, 4.69) is 10.4 Å². The van der Waals surface area contributed by atoms with Gasteiger partial charge in [-0.05, 0) is 44.0 Å². The van der Waals surface area contributed by atoms with Crippen LogP contribution in [0.15, 0.2) is 24.3 Å². The normalized spacial score (nSPS) is 12.2. The molecule has 1 aromatic carbocycles. The SMILES string of the molecule is Cc1cc(C)n(-c2ccc(C(=O)N[C@@H](C(=O)O)C(C)C)cc2F)n1. The number of carbonyl (C=O) groups excluding carboxylic acids is 1. The topological polar surface area (TPSA) is 84.2 Å². The maximum absolute atomic E-state index is 14.4. The number of carboxylic acids is 1. The summed E-state index contributed by atoms with van der Waals surface area (Å²) in [5.41, 5.74) is 1.82. The molecule has 1 atom stereocenters. The average molecular weight is 333 g/mol. The summed E-state index contributed by atoms with van der Waals surface area (Å²) in [4.78, 5) is 23.3. The molecule has 6 nitrogen and oxygen atoms in total. The van der Waals surface area contributed by atoms with Gasteiger partial charge in [-0.3, -0.25) is 4.79 Å². The highest BCUT2D eigenvalue weighted by atomic mass is 19.1. The van der Waals surface area contributed by atoms with Gasteiger partial charge >= 0.3 is 5.97 Å². The van der Waals surface area contributed by atoms with Crippen molar-refractivity contribution in [2.75, 3.05) is 0 Å². The number of aromatic nitrogens is 2. The monoisotopic (exact) mass is 333 g/mol. The van der Waals surface area contributed by atoms with Gasteiger partial charge in [0.1, 0.15) is 17.5 Å². The van der Waals surface area contributed by atoms with Gasteiger partial charge in [-0.15, -0.1) is 0 Å². The number of hydrogen-bond acceptors (Lipinski definition) is 3. The Bertz CT molecular complexity index is 783. The average Bonchev–Trinajstić information content (AvgIpc) is 2.82. The Morgan fingerprint density at radius 2 is 1.92 bits per heavy atom. The van der Waals surface area contributed by atoms with Crippen LogP contribution in [0, 0.1) is 25.6 Å². The lowest BCUT2D eigenvalue weighted by Crippen LogP contribution is -2.44. The first-order chi connectivity index (χ1) is 11.2. The van der Waals surface area contributed by atoms with Crippen LogP contribution in [0.1, 0.15) is 35.6 Å². The molecular formula is C17H20FN3O3. The van der Waals surface area contributed by atoms with Crippen molar-refractivity contribution in [3.8, 4) is 5.69 Å². The number of rotatable bonds is 5. The van der Waals surface area contributed by atoms with Gasteiger partial charge in [0.2, 0.25) is 0 Å². The molecule has 0 bridgehead atoms. The van der Waals surface area contributed by atoms with Crippen LogP contribution < -0.4 is 5.32 Å². The van der Waals surface area contributed by atoms with Crippen molar-refractivity contribution in [3.63, 3.8) is 0 Å². The van der Waals surface area contributed by atoms with Crippen LogP contribution in [0.5, 0.6) is 0 Å². The third-order valence-electron chi connectivity index (χ3n) is 3.67. The molecule has 0 fully saturated rings. The van der Waals surface area contributed by atoms with Crippen LogP contribution in [0.4, 0.5) is 4.39 Å². The van der Waals surface area contributed by atoms with Gasteiger partial charge in [0.15, 0.2) is 0 Å². The highest BCUT2D eigenvalue weighted by Gasteiger charge is 2.24. The third kappa shape index (κ3) is 3.61. The Balaban J connectivity index is 2.27. The van der Waals surface area contributed by atoms with Gasteiger partial charge in [-0.25, -0.2) is 13.9 Å². The highest BCUT2D eigenvalue weighted by Crippen LogP contribution is 2.18. The number of halogens is 1. The van der Waals surface area contributed by atoms with E-state index in [0.717, 1.165) is 17.5 Å². The maximum atomic E-state index is 14.4. The number of aryl methyl sites for hydroxylation is 2. The van der Waals surface area contributed by atoms with E-state index in [0.29, 0.717) is 0 Å². The number of nitrogens with one attached hydrogen (secondary N) is 1. The van der Waals surface area contributed by atoms with Crippen LogP contribution >= 0.6 is 0 Å². The molecule has 0 saturated carbocycles. The lowest BCUT2D eigenvalue weighted by atomic mass is 10.0. The van der Waals surface area contributed by atoms with Crippen LogP contribution in [-0.4, -0.2) is 32.8 Å². The summed E-state index contributed by atoms with van der Waals surface area (Å²) >= 11 is 0. The van der Waals surface area contributed by atoms with E-state index in [4.69, 9.17) is 5.11 Å². The Morgan fingerprint density at radius 3 is 2.38 bits per heavy atom. The van der Waals surface area contributed by atoms with E-state index < -0.39 is 23.7 Å². The molecular weight excluding hydrogens is 313 g/mol. The van der Waals surface area contributed by atoms with E-state index in [9.17, 15) is 14.0 Å². The standard InChI is InChI=1S/C17H20FN3O3/c1-9(2)15(17(23)24)19-16(22)12-5-6-14(13(18)8-12)21-11(4)7-10(3)20-21/h5-9,15H,1-4H3,(H,19,22)(H,23,24)/t15-/m1/s1. The summed E-state index contributed by atoms with van der Waals surface area (Å²) in [6, 6.07) is 4.77. The number of hydrogen-bond donors (Lipinski definition) is 2. The van der Waals surface area contributed by atoms with Gasteiger partial charge in [0.05, 0.1) is 5.69 Å². The maximum Gasteiger partial charge on any atom is 0.326 e. The Hall–Kier alpha value is -2.70. The summed E-state index contributed by atoms with van der Waals surface area (Å²) in [5, 5.41) is 15.7. The van der Waals surface area contributed by atoms with Crippen LogP contribution in [0.3, 0.4) is 0 Å². The molecule has 0 spiro atoms. The van der Waals surface area contributed by atoms with Crippen molar-refractivity contribution < 1.29 is 19.1 Å². The zero-order valence-electron chi connectivity index (χ0n) is 14.0. The van der Waals surface area contributed by atoms with Gasteiger partial charge in [-0.2, -0.15) is 5.10 Å². The van der Waals surface area contributed by atoms with E-state index >= 15 is 0 Å². The number of benzene rings is 1. The summed E-state index contributed by atoms with van der Waals surface area (Å²) in [7, 11) is 0. The predicted octanol–water partition coefficient (Wildman–Crippen LogP) is 2.47. The Kier molecular flexibility index (Phi) is 5.02. The minimum absolute atomic E-state index is 0.0599. The lowest BCUT2D eigenvalue weighted by Gasteiger charge is -2.18. The summed E-state index contributed by atoms with van der Waals surface area (Å²) in [6.45, 7) is 6.98. The molecule has 1 heterocycles. The number of carbonyl (C=O) groups is 2.